The van der Waals surface area contributed by atoms with Crippen molar-refractivity contribution in [3.8, 4) is 5.75 Å². The lowest BCUT2D eigenvalue weighted by atomic mass is 10.1. The van der Waals surface area contributed by atoms with E-state index in [0.717, 1.165) is 0 Å². The Morgan fingerprint density at radius 1 is 1.19 bits per heavy atom. The van der Waals surface area contributed by atoms with Crippen LogP contribution in [-0.4, -0.2) is 47.2 Å². The zero-order valence-electron chi connectivity index (χ0n) is 21.5. The highest BCUT2D eigenvalue weighted by Crippen LogP contribution is 2.26. The van der Waals surface area contributed by atoms with Crippen LogP contribution in [0, 0.1) is 4.91 Å². The van der Waals surface area contributed by atoms with Gasteiger partial charge in [0.25, 0.3) is 5.91 Å². The monoisotopic (exact) mass is 530 g/mol. The summed E-state index contributed by atoms with van der Waals surface area (Å²) in [5.41, 5.74) is 2.26. The number of ether oxygens (including phenoxy) is 2. The second-order valence-corrected chi connectivity index (χ2v) is 9.58. The number of nitrogens with zero attached hydrogens (tertiary/aromatic N) is 4. The zero-order valence-corrected chi connectivity index (χ0v) is 22.3. The van der Waals surface area contributed by atoms with Gasteiger partial charge in [-0.2, -0.15) is 0 Å². The summed E-state index contributed by atoms with van der Waals surface area (Å²) in [6.45, 7) is 7.66. The molecule has 0 aliphatic carbocycles. The van der Waals surface area contributed by atoms with Crippen molar-refractivity contribution in [2.45, 2.75) is 46.3 Å². The van der Waals surface area contributed by atoms with Gasteiger partial charge in [-0.3, -0.25) is 9.20 Å². The predicted octanol–water partition coefficient (Wildman–Crippen LogP) is 4.50. The van der Waals surface area contributed by atoms with E-state index in [2.05, 4.69) is 20.9 Å². The molecule has 2 amide bonds. The van der Waals surface area contributed by atoms with Crippen LogP contribution in [0.5, 0.6) is 5.75 Å². The van der Waals surface area contributed by atoms with Crippen molar-refractivity contribution in [3.05, 3.63) is 63.4 Å². The van der Waals surface area contributed by atoms with Gasteiger partial charge in [0.05, 0.1) is 35.3 Å². The summed E-state index contributed by atoms with van der Waals surface area (Å²) in [6.07, 6.45) is 1.66. The maximum atomic E-state index is 13.1. The summed E-state index contributed by atoms with van der Waals surface area (Å²) in [7, 11) is 1.49. The summed E-state index contributed by atoms with van der Waals surface area (Å²) in [4.78, 5) is 40.9. The Kier molecular flexibility index (Phi) is 8.93. The number of aromatic nitrogens is 2. The van der Waals surface area contributed by atoms with E-state index in [-0.39, 0.29) is 25.5 Å². The molecule has 0 aliphatic rings. The number of rotatable bonds is 10. The molecule has 0 fully saturated rings. The SMILES string of the molecule is CCc1nc2ccc(Cl)cn2c1C(=O)NCc1ccc(N(CCNC(=O)OC(C)(C)C)N=O)cc1OC. The van der Waals surface area contributed by atoms with E-state index >= 15 is 0 Å². The fraction of sp³-hybridized carbons (Fsp3) is 0.400. The lowest BCUT2D eigenvalue weighted by Crippen LogP contribution is -2.36. The van der Waals surface area contributed by atoms with Gasteiger partial charge in [-0.15, -0.1) is 4.91 Å². The number of hydrogen-bond acceptors (Lipinski definition) is 7. The molecular weight excluding hydrogens is 500 g/mol. The number of aryl methyl sites for hydroxylation is 1. The van der Waals surface area contributed by atoms with E-state index in [1.165, 1.54) is 12.1 Å². The summed E-state index contributed by atoms with van der Waals surface area (Å²) in [5.74, 6) is 0.158. The topological polar surface area (TPSA) is 127 Å². The van der Waals surface area contributed by atoms with Crippen LogP contribution in [0.2, 0.25) is 5.02 Å². The molecule has 0 saturated carbocycles. The number of carbonyl (C=O) groups is 2. The van der Waals surface area contributed by atoms with Crippen LogP contribution in [0.15, 0.2) is 41.8 Å². The first kappa shape index (κ1) is 27.7. The first-order chi connectivity index (χ1) is 17.6. The predicted molar refractivity (Wildman–Crippen MR) is 141 cm³/mol. The minimum atomic E-state index is -0.623. The number of benzene rings is 1. The number of amides is 2. The molecule has 0 saturated heterocycles. The highest BCUT2D eigenvalue weighted by Gasteiger charge is 2.20. The number of carbonyl (C=O) groups excluding carboxylic acids is 2. The fourth-order valence-corrected chi connectivity index (χ4v) is 3.81. The van der Waals surface area contributed by atoms with Crippen molar-refractivity contribution < 1.29 is 19.1 Å². The molecule has 0 atom stereocenters. The molecule has 0 radical (unpaired) electrons. The van der Waals surface area contributed by atoms with Crippen LogP contribution in [0.4, 0.5) is 10.5 Å². The van der Waals surface area contributed by atoms with Gasteiger partial charge < -0.3 is 20.1 Å². The quantitative estimate of drug-likeness (QED) is 0.292. The van der Waals surface area contributed by atoms with Gasteiger partial charge in [-0.25, -0.2) is 14.8 Å². The number of nitrogens with one attached hydrogen (secondary N) is 2. The molecule has 0 aliphatic heterocycles. The Morgan fingerprint density at radius 3 is 2.59 bits per heavy atom. The third kappa shape index (κ3) is 7.10. The molecule has 198 valence electrons. The Balaban J connectivity index is 1.69. The van der Waals surface area contributed by atoms with Gasteiger partial charge in [-0.1, -0.05) is 24.6 Å². The smallest absolute Gasteiger partial charge is 0.407 e. The Hall–Kier alpha value is -3.86. The van der Waals surface area contributed by atoms with Crippen molar-refractivity contribution in [2.24, 2.45) is 5.29 Å². The Bertz CT molecular complexity index is 1290. The van der Waals surface area contributed by atoms with E-state index in [1.807, 2.05) is 6.92 Å². The van der Waals surface area contributed by atoms with Crippen LogP contribution in [0.3, 0.4) is 0 Å². The molecule has 0 unspecified atom stereocenters. The zero-order chi connectivity index (χ0) is 27.2. The molecule has 2 aromatic heterocycles. The lowest BCUT2D eigenvalue weighted by molar-refractivity contribution is 0.0529. The number of hydrogen-bond donors (Lipinski definition) is 2. The molecule has 2 heterocycles. The first-order valence-corrected chi connectivity index (χ1v) is 12.1. The van der Waals surface area contributed by atoms with Gasteiger partial charge in [0.1, 0.15) is 22.7 Å². The largest absolute Gasteiger partial charge is 0.496 e. The van der Waals surface area contributed by atoms with Gasteiger partial charge in [0.2, 0.25) is 0 Å². The van der Waals surface area contributed by atoms with Gasteiger partial charge in [-0.05, 0) is 45.4 Å². The van der Waals surface area contributed by atoms with Crippen molar-refractivity contribution in [2.75, 3.05) is 25.2 Å². The molecule has 3 rings (SSSR count). The van der Waals surface area contributed by atoms with Gasteiger partial charge in [0.15, 0.2) is 0 Å². The minimum absolute atomic E-state index is 0.124. The van der Waals surface area contributed by atoms with E-state index in [4.69, 9.17) is 21.1 Å². The number of anilines is 1. The van der Waals surface area contributed by atoms with Crippen LogP contribution in [-0.2, 0) is 17.7 Å². The Morgan fingerprint density at radius 2 is 1.95 bits per heavy atom. The van der Waals surface area contributed by atoms with Crippen LogP contribution >= 0.6 is 11.6 Å². The first-order valence-electron chi connectivity index (χ1n) is 11.8. The summed E-state index contributed by atoms with van der Waals surface area (Å²) in [6, 6.07) is 8.55. The van der Waals surface area contributed by atoms with E-state index in [0.29, 0.717) is 45.5 Å². The summed E-state index contributed by atoms with van der Waals surface area (Å²) in [5, 5.41) is 10.2. The number of methoxy groups -OCH3 is 1. The highest BCUT2D eigenvalue weighted by molar-refractivity contribution is 6.30. The normalized spacial score (nSPS) is 11.2. The average Bonchev–Trinajstić information content (AvgIpc) is 3.22. The van der Waals surface area contributed by atoms with Crippen molar-refractivity contribution in [3.63, 3.8) is 0 Å². The standard InChI is InChI=1S/C25H31ClN6O5/c1-6-19-22(31-15-17(26)8-10-21(31)29-19)23(33)28-14-16-7-9-18(13-20(16)36-5)32(30-35)12-11-27-24(34)37-25(2,3)4/h7-10,13,15H,6,11-12,14H2,1-5H3,(H,27,34)(H,28,33). The number of imidazole rings is 1. The molecule has 2 N–H and O–H groups in total. The summed E-state index contributed by atoms with van der Waals surface area (Å²) < 4.78 is 12.3. The molecule has 12 heteroatoms. The van der Waals surface area contributed by atoms with Crippen molar-refractivity contribution >= 4 is 34.9 Å². The van der Waals surface area contributed by atoms with E-state index in [1.54, 1.807) is 61.7 Å². The third-order valence-corrected chi connectivity index (χ3v) is 5.53. The fourth-order valence-electron chi connectivity index (χ4n) is 3.65. The maximum Gasteiger partial charge on any atom is 0.407 e. The highest BCUT2D eigenvalue weighted by atomic mass is 35.5. The number of halogens is 1. The van der Waals surface area contributed by atoms with Crippen LogP contribution in [0.1, 0.15) is 49.4 Å². The number of pyridine rings is 1. The Labute approximate surface area is 220 Å². The van der Waals surface area contributed by atoms with Crippen molar-refractivity contribution in [1.82, 2.24) is 20.0 Å². The molecule has 1 aromatic carbocycles. The average molecular weight is 531 g/mol. The van der Waals surface area contributed by atoms with E-state index < -0.39 is 11.7 Å². The second-order valence-electron chi connectivity index (χ2n) is 9.15. The number of fused-ring (bicyclic) bond motifs is 1. The van der Waals surface area contributed by atoms with Crippen LogP contribution < -0.4 is 20.4 Å². The molecule has 0 spiro atoms. The lowest BCUT2D eigenvalue weighted by Gasteiger charge is -2.21. The summed E-state index contributed by atoms with van der Waals surface area (Å²) >= 11 is 6.13. The van der Waals surface area contributed by atoms with E-state index in [9.17, 15) is 14.5 Å². The molecule has 3 aromatic rings. The molecule has 37 heavy (non-hydrogen) atoms. The minimum Gasteiger partial charge on any atom is -0.496 e. The van der Waals surface area contributed by atoms with Crippen LogP contribution in [0.25, 0.3) is 5.65 Å². The van der Waals surface area contributed by atoms with Crippen molar-refractivity contribution in [1.29, 1.82) is 0 Å². The second kappa shape index (κ2) is 11.9. The number of alkyl carbamates (subject to hydrolysis) is 1. The third-order valence-electron chi connectivity index (χ3n) is 5.30. The number of nitroso groups, excluding NO2 is 1. The maximum absolute atomic E-state index is 13.1. The van der Waals surface area contributed by atoms with Gasteiger partial charge in [0, 0.05) is 30.9 Å². The molecular formula is C25H31ClN6O5. The molecule has 0 bridgehead atoms. The molecule has 11 nitrogen and oxygen atoms in total. The van der Waals surface area contributed by atoms with Gasteiger partial charge >= 0.3 is 6.09 Å².